The number of allylic oxidation sites excluding steroid dienone is 2. The van der Waals surface area contributed by atoms with E-state index in [2.05, 4.69) is 84.5 Å². The number of rotatable bonds is 16. The number of ketones is 1. The average Bonchev–Trinajstić information content (AvgIpc) is 3.95. The van der Waals surface area contributed by atoms with Gasteiger partial charge in [-0.15, -0.1) is 0 Å². The fourth-order valence-electron chi connectivity index (χ4n) is 8.50. The molecule has 6 rings (SSSR count). The van der Waals surface area contributed by atoms with Crippen molar-refractivity contribution in [2.75, 3.05) is 14.1 Å². The van der Waals surface area contributed by atoms with Crippen LogP contribution in [-0.2, 0) is 32.0 Å². The number of hydrogen-bond acceptors (Lipinski definition) is 5. The van der Waals surface area contributed by atoms with E-state index in [4.69, 9.17) is 34.0 Å². The van der Waals surface area contributed by atoms with Crippen molar-refractivity contribution in [3.8, 4) is 22.3 Å². The van der Waals surface area contributed by atoms with Crippen molar-refractivity contribution < 1.29 is 24.3 Å². The van der Waals surface area contributed by atoms with Crippen molar-refractivity contribution >= 4 is 46.8 Å². The molecule has 0 radical (unpaired) electrons. The van der Waals surface area contributed by atoms with Gasteiger partial charge in [0.25, 0.3) is 0 Å². The third-order valence-electron chi connectivity index (χ3n) is 11.9. The van der Waals surface area contributed by atoms with Gasteiger partial charge in [-0.2, -0.15) is 0 Å². The SMILES string of the molecule is C=C(Cl)CC1(C(=O)CC(Cc2ccc(-c3ccccc3)cc2)C(=O)NC)CCCC1.C=C(Cl)CC1(C(=O)O)CCCC1.CNC(=O)[C@@H](N)Cc1ccc(-c2ccccc2)cc1. The van der Waals surface area contributed by atoms with Gasteiger partial charge in [-0.25, -0.2) is 0 Å². The first kappa shape index (κ1) is 48.6. The maximum Gasteiger partial charge on any atom is 0.309 e. The quantitative estimate of drug-likeness (QED) is 0.0885. The number of benzene rings is 4. The molecule has 0 aliphatic heterocycles. The van der Waals surface area contributed by atoms with E-state index in [1.54, 1.807) is 14.1 Å². The Kier molecular flexibility index (Phi) is 19.0. The van der Waals surface area contributed by atoms with Gasteiger partial charge in [-0.05, 0) is 84.7 Å². The van der Waals surface area contributed by atoms with Crippen LogP contribution in [0.2, 0.25) is 0 Å². The molecular weight excluding hydrogens is 805 g/mol. The lowest BCUT2D eigenvalue weighted by Crippen LogP contribution is -2.40. The van der Waals surface area contributed by atoms with Crippen LogP contribution in [0.3, 0.4) is 0 Å². The molecule has 0 saturated heterocycles. The highest BCUT2D eigenvalue weighted by Crippen LogP contribution is 2.46. The number of nitrogens with two attached hydrogens (primary N) is 1. The van der Waals surface area contributed by atoms with Crippen molar-refractivity contribution in [1.82, 2.24) is 10.6 Å². The Labute approximate surface area is 372 Å². The van der Waals surface area contributed by atoms with E-state index >= 15 is 0 Å². The van der Waals surface area contributed by atoms with Crippen molar-refractivity contribution in [2.45, 2.75) is 89.5 Å². The molecule has 61 heavy (non-hydrogen) atoms. The van der Waals surface area contributed by atoms with Crippen molar-refractivity contribution in [3.05, 3.63) is 144 Å². The zero-order valence-electron chi connectivity index (χ0n) is 35.6. The summed E-state index contributed by atoms with van der Waals surface area (Å²) in [5, 5.41) is 15.3. The van der Waals surface area contributed by atoms with Crippen LogP contribution in [0.4, 0.5) is 0 Å². The number of carbonyl (C=O) groups is 4. The van der Waals surface area contributed by atoms with Crippen LogP contribution in [-0.4, -0.2) is 48.8 Å². The number of carboxylic acid groups (broad SMARTS) is 1. The third kappa shape index (κ3) is 14.6. The van der Waals surface area contributed by atoms with Crippen LogP contribution in [0.25, 0.3) is 22.3 Å². The molecule has 8 nitrogen and oxygen atoms in total. The molecular formula is C51H61Cl2N3O5. The van der Waals surface area contributed by atoms with E-state index in [9.17, 15) is 19.2 Å². The Morgan fingerprint density at radius 2 is 0.984 bits per heavy atom. The lowest BCUT2D eigenvalue weighted by molar-refractivity contribution is -0.148. The minimum Gasteiger partial charge on any atom is -0.481 e. The topological polar surface area (TPSA) is 139 Å². The van der Waals surface area contributed by atoms with Crippen LogP contribution in [0, 0.1) is 16.7 Å². The van der Waals surface area contributed by atoms with Crippen molar-refractivity contribution in [2.24, 2.45) is 22.5 Å². The van der Waals surface area contributed by atoms with Gasteiger partial charge in [0.15, 0.2) is 0 Å². The predicted octanol–water partition coefficient (Wildman–Crippen LogP) is 10.7. The molecule has 10 heteroatoms. The van der Waals surface area contributed by atoms with Crippen LogP contribution in [0.15, 0.2) is 132 Å². The normalized spacial score (nSPS) is 15.7. The van der Waals surface area contributed by atoms with Crippen molar-refractivity contribution in [1.29, 1.82) is 0 Å². The van der Waals surface area contributed by atoms with Gasteiger partial charge in [0.2, 0.25) is 11.8 Å². The third-order valence-corrected chi connectivity index (χ3v) is 12.2. The second-order valence-electron chi connectivity index (χ2n) is 16.4. The summed E-state index contributed by atoms with van der Waals surface area (Å²) in [6, 6.07) is 36.3. The molecule has 0 aromatic heterocycles. The van der Waals surface area contributed by atoms with Gasteiger partial charge in [0.1, 0.15) is 5.78 Å². The smallest absolute Gasteiger partial charge is 0.309 e. The number of hydrogen-bond donors (Lipinski definition) is 4. The minimum absolute atomic E-state index is 0.0895. The molecule has 0 bridgehead atoms. The number of likely N-dealkylation sites (N-methyl/N-ethyl adjacent to an activating group) is 1. The minimum atomic E-state index is -0.721. The van der Waals surface area contributed by atoms with Crippen LogP contribution in [0.1, 0.15) is 81.8 Å². The molecule has 2 aliphatic carbocycles. The van der Waals surface area contributed by atoms with Gasteiger partial charge < -0.3 is 21.5 Å². The Bertz CT molecular complexity index is 2060. The van der Waals surface area contributed by atoms with E-state index in [-0.39, 0.29) is 29.9 Å². The fourth-order valence-corrected chi connectivity index (χ4v) is 9.02. The number of aliphatic carboxylic acids is 1. The van der Waals surface area contributed by atoms with Gasteiger partial charge in [0.05, 0.1) is 11.5 Å². The van der Waals surface area contributed by atoms with Crippen LogP contribution >= 0.6 is 23.2 Å². The molecule has 2 atom stereocenters. The Morgan fingerprint density at radius 3 is 1.38 bits per heavy atom. The second-order valence-corrected chi connectivity index (χ2v) is 17.4. The maximum absolute atomic E-state index is 13.3. The maximum atomic E-state index is 13.3. The monoisotopic (exact) mass is 865 g/mol. The molecule has 2 fully saturated rings. The molecule has 2 aliphatic rings. The first-order valence-corrected chi connectivity index (χ1v) is 21.9. The summed E-state index contributed by atoms with van der Waals surface area (Å²) in [6.07, 6.45) is 9.48. The Balaban J connectivity index is 0.000000224. The largest absolute Gasteiger partial charge is 0.481 e. The highest BCUT2D eigenvalue weighted by molar-refractivity contribution is 6.29. The fraction of sp³-hybridized carbons (Fsp3) is 0.373. The summed E-state index contributed by atoms with van der Waals surface area (Å²) in [6.45, 7) is 7.36. The van der Waals surface area contributed by atoms with E-state index in [1.807, 2.05) is 48.5 Å². The highest BCUT2D eigenvalue weighted by atomic mass is 35.5. The summed E-state index contributed by atoms with van der Waals surface area (Å²) in [7, 11) is 3.23. The summed E-state index contributed by atoms with van der Waals surface area (Å²) >= 11 is 11.7. The molecule has 4 aromatic rings. The van der Waals surface area contributed by atoms with Gasteiger partial charge in [-0.3, -0.25) is 19.2 Å². The van der Waals surface area contributed by atoms with Gasteiger partial charge >= 0.3 is 5.97 Å². The van der Waals surface area contributed by atoms with Crippen molar-refractivity contribution in [3.63, 3.8) is 0 Å². The van der Waals surface area contributed by atoms with Gasteiger partial charge in [0, 0.05) is 41.9 Å². The first-order valence-electron chi connectivity index (χ1n) is 21.1. The van der Waals surface area contributed by atoms with E-state index in [0.717, 1.165) is 79.2 Å². The van der Waals surface area contributed by atoms with E-state index in [1.165, 1.54) is 5.56 Å². The summed E-state index contributed by atoms with van der Waals surface area (Å²) < 4.78 is 0. The number of halogens is 2. The zero-order valence-corrected chi connectivity index (χ0v) is 37.1. The van der Waals surface area contributed by atoms with Gasteiger partial charge in [-0.1, -0.05) is 171 Å². The lowest BCUT2D eigenvalue weighted by Gasteiger charge is -2.29. The zero-order chi connectivity index (χ0) is 44.4. The Morgan fingerprint density at radius 1 is 0.607 bits per heavy atom. The van der Waals surface area contributed by atoms with E-state index < -0.39 is 22.8 Å². The van der Waals surface area contributed by atoms with Crippen LogP contribution < -0.4 is 16.4 Å². The molecule has 5 N–H and O–H groups in total. The molecule has 4 aromatic carbocycles. The van der Waals surface area contributed by atoms with Crippen LogP contribution in [0.5, 0.6) is 0 Å². The molecule has 0 heterocycles. The predicted molar refractivity (Wildman–Crippen MR) is 249 cm³/mol. The summed E-state index contributed by atoms with van der Waals surface area (Å²) in [4.78, 5) is 48.2. The Hall–Kier alpha value is -5.02. The second kappa shape index (κ2) is 23.8. The lowest BCUT2D eigenvalue weighted by atomic mass is 9.74. The number of carbonyl (C=O) groups excluding carboxylic acids is 3. The standard InChI is InChI=1S/C26H30ClNO2.C16H18N2O.C9H13ClO2/c1-19(27)18-26(14-6-7-15-26)24(29)17-23(25(30)28-2)16-20-10-12-22(13-11-20)21-8-4-3-5-9-21;1-18-16(19)15(17)11-12-7-9-14(10-8-12)13-5-3-2-4-6-13;1-7(10)6-9(8(11)12)4-2-3-5-9/h3-5,8-13,23H,1,6-7,14-18H2,2H3,(H,28,30);2-10,15H,11,17H2,1H3,(H,18,19);1-6H2,(H,11,12)/t;15-;/m.0./s1. The number of Topliss-reactive ketones (excluding diaryl/α,β-unsaturated/α-hetero) is 1. The summed E-state index contributed by atoms with van der Waals surface area (Å²) in [5.74, 6) is -1.18. The number of nitrogens with one attached hydrogen (secondary N) is 2. The average molecular weight is 867 g/mol. The van der Waals surface area contributed by atoms with E-state index in [0.29, 0.717) is 35.7 Å². The molecule has 2 saturated carbocycles. The number of amides is 2. The molecule has 1 unspecified atom stereocenters. The molecule has 324 valence electrons. The molecule has 0 spiro atoms. The number of carboxylic acids is 1. The first-order chi connectivity index (χ1) is 29.2. The molecule has 2 amide bonds. The summed E-state index contributed by atoms with van der Waals surface area (Å²) in [5.41, 5.74) is 11.5. The highest BCUT2D eigenvalue weighted by Gasteiger charge is 2.42.